The molecule has 1 atom stereocenters. The average Bonchev–Trinajstić information content (AvgIpc) is 3.50. The van der Waals surface area contributed by atoms with E-state index in [1.165, 1.54) is 0 Å². The molecule has 0 aliphatic carbocycles. The van der Waals surface area contributed by atoms with Gasteiger partial charge in [-0.05, 0) is 18.1 Å². The molecule has 184 valence electrons. The minimum atomic E-state index is -0.624. The molecule has 1 fully saturated rings. The maximum atomic E-state index is 10.7. The Balaban J connectivity index is 1.58. The molecule has 1 aliphatic heterocycles. The van der Waals surface area contributed by atoms with Crippen molar-refractivity contribution in [2.24, 2.45) is 5.92 Å². The van der Waals surface area contributed by atoms with E-state index in [0.717, 1.165) is 41.6 Å². The molecule has 1 aliphatic rings. The van der Waals surface area contributed by atoms with Gasteiger partial charge in [0.15, 0.2) is 0 Å². The van der Waals surface area contributed by atoms with Crippen molar-refractivity contribution in [3.05, 3.63) is 60.1 Å². The zero-order valence-corrected chi connectivity index (χ0v) is 20.1. The maximum Gasteiger partial charge on any atom is 0.232 e. The Hall–Kier alpha value is -2.65. The first-order valence-corrected chi connectivity index (χ1v) is 12.0. The highest BCUT2D eigenvalue weighted by molar-refractivity contribution is 5.68. The van der Waals surface area contributed by atoms with Gasteiger partial charge in [0.05, 0.1) is 44.3 Å². The number of morpholine rings is 1. The lowest BCUT2D eigenvalue weighted by atomic mass is 10.1. The average molecular weight is 470 g/mol. The van der Waals surface area contributed by atoms with Gasteiger partial charge in [0.1, 0.15) is 11.5 Å². The Morgan fingerprint density at radius 1 is 1.06 bits per heavy atom. The predicted molar refractivity (Wildman–Crippen MR) is 129 cm³/mol. The van der Waals surface area contributed by atoms with Gasteiger partial charge >= 0.3 is 0 Å². The normalized spacial score (nSPS) is 15.4. The molecule has 0 amide bonds. The number of nitrogens with zero attached hydrogens (tertiary/aromatic N) is 3. The van der Waals surface area contributed by atoms with Crippen LogP contribution in [-0.2, 0) is 22.6 Å². The largest absolute Gasteiger partial charge is 0.468 e. The van der Waals surface area contributed by atoms with Crippen LogP contribution in [0.15, 0.2) is 57.7 Å². The summed E-state index contributed by atoms with van der Waals surface area (Å²) in [5.74, 6) is 2.02. The SMILES string of the molecule is CC(C)COC[C@H](O)CN(Cc1ccco1)Cc1c(-c2ccccc2)noc1N1CCOCC1. The van der Waals surface area contributed by atoms with Crippen molar-refractivity contribution >= 4 is 5.88 Å². The minimum Gasteiger partial charge on any atom is -0.468 e. The van der Waals surface area contributed by atoms with E-state index < -0.39 is 6.10 Å². The highest BCUT2D eigenvalue weighted by Gasteiger charge is 2.26. The van der Waals surface area contributed by atoms with E-state index in [2.05, 4.69) is 28.8 Å². The number of aliphatic hydroxyl groups is 1. The number of ether oxygens (including phenoxy) is 2. The summed E-state index contributed by atoms with van der Waals surface area (Å²) >= 11 is 0. The number of aromatic nitrogens is 1. The molecular formula is C26H35N3O5. The molecular weight excluding hydrogens is 434 g/mol. The molecule has 0 radical (unpaired) electrons. The van der Waals surface area contributed by atoms with Crippen LogP contribution in [0, 0.1) is 5.92 Å². The van der Waals surface area contributed by atoms with Gasteiger partial charge in [-0.3, -0.25) is 4.90 Å². The third-order valence-corrected chi connectivity index (χ3v) is 5.68. The molecule has 8 heteroatoms. The highest BCUT2D eigenvalue weighted by atomic mass is 16.5. The quantitative estimate of drug-likeness (QED) is 0.429. The van der Waals surface area contributed by atoms with E-state index in [9.17, 15) is 5.11 Å². The summed E-state index contributed by atoms with van der Waals surface area (Å²) in [6.07, 6.45) is 1.05. The Labute approximate surface area is 201 Å². The number of aliphatic hydroxyl groups excluding tert-OH is 1. The van der Waals surface area contributed by atoms with E-state index in [0.29, 0.717) is 52.0 Å². The fraction of sp³-hybridized carbons (Fsp3) is 0.500. The third-order valence-electron chi connectivity index (χ3n) is 5.68. The van der Waals surface area contributed by atoms with Crippen LogP contribution in [0.3, 0.4) is 0 Å². The summed E-state index contributed by atoms with van der Waals surface area (Å²) in [7, 11) is 0. The second-order valence-corrected chi connectivity index (χ2v) is 9.11. The molecule has 0 bridgehead atoms. The first kappa shape index (κ1) is 24.5. The number of benzene rings is 1. The topological polar surface area (TPSA) is 84.3 Å². The van der Waals surface area contributed by atoms with Crippen LogP contribution >= 0.6 is 0 Å². The van der Waals surface area contributed by atoms with Gasteiger partial charge in [-0.15, -0.1) is 0 Å². The van der Waals surface area contributed by atoms with E-state index in [4.69, 9.17) is 18.4 Å². The monoisotopic (exact) mass is 469 g/mol. The molecule has 1 N–H and O–H groups in total. The fourth-order valence-electron chi connectivity index (χ4n) is 4.10. The minimum absolute atomic E-state index is 0.290. The van der Waals surface area contributed by atoms with Gasteiger partial charge in [0.25, 0.3) is 0 Å². The summed E-state index contributed by atoms with van der Waals surface area (Å²) in [4.78, 5) is 4.34. The zero-order chi connectivity index (χ0) is 23.8. The smallest absolute Gasteiger partial charge is 0.232 e. The molecule has 2 aromatic heterocycles. The van der Waals surface area contributed by atoms with Gasteiger partial charge < -0.3 is 28.4 Å². The predicted octanol–water partition coefficient (Wildman–Crippen LogP) is 3.81. The van der Waals surface area contributed by atoms with Gasteiger partial charge in [-0.2, -0.15) is 0 Å². The summed E-state index contributed by atoms with van der Waals surface area (Å²) in [6.45, 7) is 9.45. The van der Waals surface area contributed by atoms with Crippen LogP contribution < -0.4 is 4.90 Å². The van der Waals surface area contributed by atoms with Crippen LogP contribution in [0.4, 0.5) is 5.88 Å². The number of hydrogen-bond acceptors (Lipinski definition) is 8. The lowest BCUT2D eigenvalue weighted by Crippen LogP contribution is -2.38. The van der Waals surface area contributed by atoms with Crippen molar-refractivity contribution in [2.45, 2.75) is 33.0 Å². The first-order valence-electron chi connectivity index (χ1n) is 12.0. The standard InChI is InChI=1S/C26H35N3O5/c1-20(2)18-32-19-22(30)15-28(16-23-9-6-12-33-23)17-24-25(21-7-4-3-5-8-21)27-34-26(24)29-10-13-31-14-11-29/h3-9,12,20,22,30H,10-11,13-19H2,1-2H3/t22-/m1/s1. The maximum absolute atomic E-state index is 10.7. The lowest BCUT2D eigenvalue weighted by Gasteiger charge is -2.29. The molecule has 1 aromatic carbocycles. The second-order valence-electron chi connectivity index (χ2n) is 9.11. The van der Waals surface area contributed by atoms with Crippen LogP contribution in [0.1, 0.15) is 25.2 Å². The van der Waals surface area contributed by atoms with Gasteiger partial charge in [-0.1, -0.05) is 49.3 Å². The van der Waals surface area contributed by atoms with Crippen LogP contribution in [0.2, 0.25) is 0 Å². The van der Waals surface area contributed by atoms with Crippen LogP contribution in [-0.4, -0.2) is 67.3 Å². The van der Waals surface area contributed by atoms with Gasteiger partial charge in [-0.25, -0.2) is 0 Å². The third kappa shape index (κ3) is 6.70. The molecule has 8 nitrogen and oxygen atoms in total. The van der Waals surface area contributed by atoms with Crippen molar-refractivity contribution in [3.8, 4) is 11.3 Å². The van der Waals surface area contributed by atoms with Crippen molar-refractivity contribution in [1.82, 2.24) is 10.1 Å². The molecule has 0 spiro atoms. The number of anilines is 1. The second kappa shape index (κ2) is 12.2. The molecule has 0 unspecified atom stereocenters. The van der Waals surface area contributed by atoms with Crippen molar-refractivity contribution in [2.75, 3.05) is 51.0 Å². The summed E-state index contributed by atoms with van der Waals surface area (Å²) in [6, 6.07) is 13.9. The van der Waals surface area contributed by atoms with Crippen molar-refractivity contribution in [3.63, 3.8) is 0 Å². The van der Waals surface area contributed by atoms with E-state index in [1.807, 2.05) is 42.5 Å². The zero-order valence-electron chi connectivity index (χ0n) is 20.1. The summed E-state index contributed by atoms with van der Waals surface area (Å²) in [5, 5.41) is 15.2. The Bertz CT molecular complexity index is 968. The Kier molecular flexibility index (Phi) is 8.76. The fourth-order valence-corrected chi connectivity index (χ4v) is 4.10. The van der Waals surface area contributed by atoms with Crippen molar-refractivity contribution < 1.29 is 23.5 Å². The van der Waals surface area contributed by atoms with Gasteiger partial charge in [0.2, 0.25) is 5.88 Å². The summed E-state index contributed by atoms with van der Waals surface area (Å²) in [5.41, 5.74) is 2.81. The molecule has 0 saturated carbocycles. The first-order chi connectivity index (χ1) is 16.6. The molecule has 4 rings (SSSR count). The van der Waals surface area contributed by atoms with E-state index in [1.54, 1.807) is 6.26 Å². The van der Waals surface area contributed by atoms with E-state index in [-0.39, 0.29) is 0 Å². The lowest BCUT2D eigenvalue weighted by molar-refractivity contribution is 0.00461. The Morgan fingerprint density at radius 3 is 2.56 bits per heavy atom. The molecule has 34 heavy (non-hydrogen) atoms. The van der Waals surface area contributed by atoms with Crippen LogP contribution in [0.25, 0.3) is 11.3 Å². The Morgan fingerprint density at radius 2 is 1.85 bits per heavy atom. The molecule has 3 aromatic rings. The number of hydrogen-bond donors (Lipinski definition) is 1. The van der Waals surface area contributed by atoms with Crippen molar-refractivity contribution in [1.29, 1.82) is 0 Å². The number of rotatable bonds is 12. The highest BCUT2D eigenvalue weighted by Crippen LogP contribution is 2.33. The number of furan rings is 1. The molecule has 1 saturated heterocycles. The molecule has 3 heterocycles. The van der Waals surface area contributed by atoms with Crippen LogP contribution in [0.5, 0.6) is 0 Å². The van der Waals surface area contributed by atoms with Gasteiger partial charge in [0, 0.05) is 38.3 Å². The van der Waals surface area contributed by atoms with E-state index >= 15 is 0 Å². The summed E-state index contributed by atoms with van der Waals surface area (Å²) < 4.78 is 22.7.